The van der Waals surface area contributed by atoms with Crippen LogP contribution in [0.5, 0.6) is 0 Å². The minimum atomic E-state index is -1.83. The van der Waals surface area contributed by atoms with Gasteiger partial charge in [0, 0.05) is 14.2 Å². The summed E-state index contributed by atoms with van der Waals surface area (Å²) in [4.78, 5) is 97.7. The number of rotatable bonds is 29. The van der Waals surface area contributed by atoms with Crippen LogP contribution in [0.4, 0.5) is 0 Å². The first kappa shape index (κ1) is 43.9. The fourth-order valence-electron chi connectivity index (χ4n) is 2.84. The van der Waals surface area contributed by atoms with Gasteiger partial charge in [0.1, 0.15) is 79.9 Å². The summed E-state index contributed by atoms with van der Waals surface area (Å²) in [7, 11) is 2.60. The number of aliphatic carboxylic acids is 5. The third-order valence-corrected chi connectivity index (χ3v) is 6.86. The summed E-state index contributed by atoms with van der Waals surface area (Å²) in [6.45, 7) is 1.07. The lowest BCUT2D eigenvalue weighted by Crippen LogP contribution is -2.42. The molecule has 0 spiro atoms. The molecule has 0 aliphatic heterocycles. The van der Waals surface area contributed by atoms with E-state index >= 15 is 0 Å². The fourth-order valence-corrected chi connectivity index (χ4v) is 2.84. The molecule has 0 heterocycles. The summed E-state index contributed by atoms with van der Waals surface area (Å²) in [5.41, 5.74) is -8.31. The van der Waals surface area contributed by atoms with Crippen LogP contribution in [0, 0.1) is 27.1 Å². The quantitative estimate of drug-likeness (QED) is 0.0406. The standard InChI is InChI=1S/C27H46O20/c1-23(8-38-6,18(28)29)10-40-42-12-25(3,20(32)33)14-44-46-16-27(5,22(36)37)17-47-45-15-26(4,21(34)35)13-43-41-11-24(2,9-39-7)19(30)31/h8-17H2,1-7H3,(H,28,29)(H,30,31)(H,32,33)(H,34,35)(H,36,37). The Morgan fingerprint density at radius 3 is 0.574 bits per heavy atom. The maximum Gasteiger partial charge on any atom is 0.314 e. The molecule has 0 saturated carbocycles. The van der Waals surface area contributed by atoms with Gasteiger partial charge < -0.3 is 35.0 Å². The van der Waals surface area contributed by atoms with Crippen molar-refractivity contribution < 1.29 is 98.1 Å². The SMILES string of the molecule is COCC(C)(COOCC(C)(COOCC(C)(COOCC(C)(COOCC(C)(COC)C(=O)O)C(=O)O)C(=O)O)C(=O)O)C(=O)O. The lowest BCUT2D eigenvalue weighted by Gasteiger charge is -2.27. The molecule has 0 aromatic carbocycles. The smallest absolute Gasteiger partial charge is 0.314 e. The van der Waals surface area contributed by atoms with Crippen LogP contribution in [0.1, 0.15) is 34.6 Å². The van der Waals surface area contributed by atoms with Gasteiger partial charge in [-0.2, -0.15) is 0 Å². The van der Waals surface area contributed by atoms with Gasteiger partial charge in [0.05, 0.1) is 13.2 Å². The molecule has 0 aliphatic rings. The third kappa shape index (κ3) is 14.3. The molecule has 0 aromatic rings. The summed E-state index contributed by atoms with van der Waals surface area (Å²) >= 11 is 0. The largest absolute Gasteiger partial charge is 0.481 e. The average molecular weight is 691 g/mol. The highest BCUT2D eigenvalue weighted by molar-refractivity contribution is 5.76. The van der Waals surface area contributed by atoms with E-state index in [4.69, 9.17) is 48.6 Å². The summed E-state index contributed by atoms with van der Waals surface area (Å²) in [5, 5.41) is 47.5. The molecule has 4 atom stereocenters. The van der Waals surface area contributed by atoms with Crippen LogP contribution in [0.3, 0.4) is 0 Å². The van der Waals surface area contributed by atoms with Crippen molar-refractivity contribution in [1.29, 1.82) is 0 Å². The second-order valence-electron chi connectivity index (χ2n) is 12.3. The molecular formula is C27H46O20. The predicted molar refractivity (Wildman–Crippen MR) is 150 cm³/mol. The predicted octanol–water partition coefficient (Wildman–Crippen LogP) is 0.527. The molecule has 0 saturated heterocycles. The molecule has 47 heavy (non-hydrogen) atoms. The first-order valence-electron chi connectivity index (χ1n) is 13.8. The highest BCUT2D eigenvalue weighted by Gasteiger charge is 2.41. The van der Waals surface area contributed by atoms with E-state index in [0.717, 1.165) is 0 Å². The zero-order chi connectivity index (χ0) is 36.5. The molecule has 0 amide bonds. The Morgan fingerprint density at radius 2 is 0.468 bits per heavy atom. The Bertz CT molecular complexity index is 966. The molecule has 0 bridgehead atoms. The molecule has 0 aromatic heterocycles. The van der Waals surface area contributed by atoms with E-state index in [1.807, 2.05) is 0 Å². The van der Waals surface area contributed by atoms with Crippen LogP contribution in [-0.2, 0) is 72.5 Å². The number of ether oxygens (including phenoxy) is 2. The minimum absolute atomic E-state index is 0.205. The summed E-state index contributed by atoms with van der Waals surface area (Å²) < 4.78 is 9.70. The van der Waals surface area contributed by atoms with Crippen molar-refractivity contribution in [3.8, 4) is 0 Å². The highest BCUT2D eigenvalue weighted by atomic mass is 17.2. The normalized spacial score (nSPS) is 18.1. The van der Waals surface area contributed by atoms with Crippen LogP contribution in [0.2, 0.25) is 0 Å². The molecule has 4 unspecified atom stereocenters. The fraction of sp³-hybridized carbons (Fsp3) is 0.815. The Hall–Kier alpha value is -3.05. The van der Waals surface area contributed by atoms with Gasteiger partial charge in [0.2, 0.25) is 0 Å². The monoisotopic (exact) mass is 690 g/mol. The summed E-state index contributed by atoms with van der Waals surface area (Å²) in [6, 6.07) is 0. The molecule has 274 valence electrons. The maximum absolute atomic E-state index is 11.9. The minimum Gasteiger partial charge on any atom is -0.481 e. The van der Waals surface area contributed by atoms with Gasteiger partial charge in [-0.1, -0.05) is 0 Å². The topological polar surface area (TPSA) is 279 Å². The Morgan fingerprint density at radius 1 is 0.340 bits per heavy atom. The first-order chi connectivity index (χ1) is 21.7. The Kier molecular flexibility index (Phi) is 18.4. The van der Waals surface area contributed by atoms with Crippen LogP contribution >= 0.6 is 0 Å². The lowest BCUT2D eigenvalue weighted by molar-refractivity contribution is -0.362. The molecule has 20 heteroatoms. The number of carbonyl (C=O) groups is 5. The van der Waals surface area contributed by atoms with Gasteiger partial charge in [-0.25, -0.2) is 39.1 Å². The van der Waals surface area contributed by atoms with E-state index in [0.29, 0.717) is 0 Å². The van der Waals surface area contributed by atoms with Crippen LogP contribution in [0.15, 0.2) is 0 Å². The molecule has 0 fully saturated rings. The van der Waals surface area contributed by atoms with Crippen molar-refractivity contribution >= 4 is 29.8 Å². The molecule has 20 nitrogen and oxygen atoms in total. The van der Waals surface area contributed by atoms with Gasteiger partial charge >= 0.3 is 29.8 Å². The summed E-state index contributed by atoms with van der Waals surface area (Å²) in [5.74, 6) is -6.70. The van der Waals surface area contributed by atoms with E-state index in [2.05, 4.69) is 0 Å². The van der Waals surface area contributed by atoms with E-state index in [9.17, 15) is 49.5 Å². The van der Waals surface area contributed by atoms with Crippen molar-refractivity contribution in [3.63, 3.8) is 0 Å². The van der Waals surface area contributed by atoms with E-state index < -0.39 is 110 Å². The third-order valence-electron chi connectivity index (χ3n) is 6.86. The first-order valence-corrected chi connectivity index (χ1v) is 13.8. The van der Waals surface area contributed by atoms with Gasteiger partial charge in [-0.15, -0.1) is 0 Å². The number of methoxy groups -OCH3 is 2. The van der Waals surface area contributed by atoms with Crippen molar-refractivity contribution in [2.24, 2.45) is 27.1 Å². The number of hydrogen-bond donors (Lipinski definition) is 5. The van der Waals surface area contributed by atoms with Gasteiger partial charge in [-0.3, -0.25) is 24.0 Å². The molecule has 0 aliphatic carbocycles. The Labute approximate surface area is 270 Å². The zero-order valence-corrected chi connectivity index (χ0v) is 27.4. The molecule has 0 rings (SSSR count). The molecule has 5 N–H and O–H groups in total. The van der Waals surface area contributed by atoms with Gasteiger partial charge in [0.15, 0.2) is 0 Å². The number of carboxylic acid groups (broad SMARTS) is 5. The maximum atomic E-state index is 11.9. The number of carboxylic acids is 5. The van der Waals surface area contributed by atoms with Crippen molar-refractivity contribution in [2.45, 2.75) is 34.6 Å². The summed E-state index contributed by atoms with van der Waals surface area (Å²) in [6.07, 6.45) is 0. The number of hydrogen-bond acceptors (Lipinski definition) is 15. The van der Waals surface area contributed by atoms with Crippen LogP contribution < -0.4 is 0 Å². The van der Waals surface area contributed by atoms with Crippen molar-refractivity contribution in [2.75, 3.05) is 80.3 Å². The molecule has 0 radical (unpaired) electrons. The van der Waals surface area contributed by atoms with Gasteiger partial charge in [-0.05, 0) is 34.6 Å². The van der Waals surface area contributed by atoms with E-state index in [1.54, 1.807) is 0 Å². The van der Waals surface area contributed by atoms with Gasteiger partial charge in [0.25, 0.3) is 0 Å². The lowest BCUT2D eigenvalue weighted by atomic mass is 9.93. The van der Waals surface area contributed by atoms with Crippen molar-refractivity contribution in [3.05, 3.63) is 0 Å². The van der Waals surface area contributed by atoms with Crippen LogP contribution in [0.25, 0.3) is 0 Å². The zero-order valence-electron chi connectivity index (χ0n) is 27.4. The van der Waals surface area contributed by atoms with E-state index in [1.165, 1.54) is 48.8 Å². The van der Waals surface area contributed by atoms with Crippen LogP contribution in [-0.4, -0.2) is 136 Å². The second-order valence-corrected chi connectivity index (χ2v) is 12.3. The molecular weight excluding hydrogens is 644 g/mol. The van der Waals surface area contributed by atoms with Crippen molar-refractivity contribution in [1.82, 2.24) is 0 Å². The average Bonchev–Trinajstić information content (AvgIpc) is 2.98. The Balaban J connectivity index is 4.93. The highest BCUT2D eigenvalue weighted by Crippen LogP contribution is 2.25. The van der Waals surface area contributed by atoms with E-state index in [-0.39, 0.29) is 13.2 Å². The second kappa shape index (κ2) is 19.7.